The van der Waals surface area contributed by atoms with Crippen LogP contribution in [0, 0.1) is 10.1 Å². The number of ether oxygens (including phenoxy) is 1. The molecule has 1 fully saturated rings. The van der Waals surface area contributed by atoms with Crippen molar-refractivity contribution in [3.8, 4) is 5.75 Å². The van der Waals surface area contributed by atoms with E-state index in [2.05, 4.69) is 0 Å². The second-order valence-electron chi connectivity index (χ2n) is 5.10. The summed E-state index contributed by atoms with van der Waals surface area (Å²) in [6.07, 6.45) is -0.885. The molecule has 0 bridgehead atoms. The minimum Gasteiger partial charge on any atom is -0.490 e. The van der Waals surface area contributed by atoms with Gasteiger partial charge in [-0.2, -0.15) is 0 Å². The van der Waals surface area contributed by atoms with E-state index in [-0.39, 0.29) is 17.3 Å². The molecule has 0 aromatic heterocycles. The van der Waals surface area contributed by atoms with E-state index in [9.17, 15) is 20.0 Å². The third-order valence-corrected chi connectivity index (χ3v) is 3.80. The molecule has 1 aromatic rings. The Morgan fingerprint density at radius 1 is 1.36 bits per heavy atom. The number of nitro benzene ring substituents is 1. The van der Waals surface area contributed by atoms with Crippen LogP contribution in [0.4, 0.5) is 5.69 Å². The molecule has 0 saturated carbocycles. The highest BCUT2D eigenvalue weighted by atomic mass is 16.6. The fourth-order valence-corrected chi connectivity index (χ4v) is 2.50. The van der Waals surface area contributed by atoms with E-state index in [1.165, 1.54) is 32.2 Å². The zero-order valence-corrected chi connectivity index (χ0v) is 12.6. The molecule has 0 radical (unpaired) electrons. The first-order chi connectivity index (χ1) is 10.4. The number of methoxy groups -OCH3 is 1. The van der Waals surface area contributed by atoms with Crippen LogP contribution in [0.25, 0.3) is 0 Å². The van der Waals surface area contributed by atoms with Crippen LogP contribution in [0.15, 0.2) is 18.2 Å². The number of nitrogens with zero attached hydrogens (tertiary/aromatic N) is 3. The first-order valence-electron chi connectivity index (χ1n) is 6.94. The molecular formula is C14H19N3O5. The summed E-state index contributed by atoms with van der Waals surface area (Å²) in [6, 6.07) is 4.31. The lowest BCUT2D eigenvalue weighted by molar-refractivity contribution is -0.385. The fourth-order valence-electron chi connectivity index (χ4n) is 2.50. The lowest BCUT2D eigenvalue weighted by atomic mass is 10.1. The van der Waals surface area contributed by atoms with Gasteiger partial charge in [0.05, 0.1) is 12.0 Å². The maximum Gasteiger partial charge on any atom is 0.310 e. The van der Waals surface area contributed by atoms with E-state index in [1.54, 1.807) is 4.90 Å². The summed E-state index contributed by atoms with van der Waals surface area (Å²) in [5.41, 5.74) is 0.388. The predicted molar refractivity (Wildman–Crippen MR) is 78.4 cm³/mol. The highest BCUT2D eigenvalue weighted by Gasteiger charge is 2.26. The minimum atomic E-state index is -0.885. The maximum atomic E-state index is 11.3. The maximum absolute atomic E-state index is 11.3. The fraction of sp³-hybridized carbons (Fsp3) is 0.500. The molecule has 1 atom stereocenters. The van der Waals surface area contributed by atoms with Crippen LogP contribution in [0.5, 0.6) is 5.75 Å². The Kier molecular flexibility index (Phi) is 4.94. The zero-order chi connectivity index (χ0) is 16.3. The molecule has 0 aliphatic carbocycles. The van der Waals surface area contributed by atoms with Gasteiger partial charge in [-0.25, -0.2) is 0 Å². The van der Waals surface area contributed by atoms with E-state index < -0.39 is 11.2 Å². The average molecular weight is 309 g/mol. The average Bonchev–Trinajstić information content (AvgIpc) is 2.53. The Hall–Kier alpha value is -2.19. The number of rotatable bonds is 4. The van der Waals surface area contributed by atoms with Gasteiger partial charge < -0.3 is 14.7 Å². The summed E-state index contributed by atoms with van der Waals surface area (Å²) in [5, 5.41) is 21.3. The zero-order valence-electron chi connectivity index (χ0n) is 12.6. The highest BCUT2D eigenvalue weighted by Crippen LogP contribution is 2.31. The highest BCUT2D eigenvalue weighted by molar-refractivity contribution is 5.73. The smallest absolute Gasteiger partial charge is 0.310 e. The van der Waals surface area contributed by atoms with Crippen LogP contribution in [-0.2, 0) is 4.79 Å². The van der Waals surface area contributed by atoms with Gasteiger partial charge in [-0.15, -0.1) is 0 Å². The van der Waals surface area contributed by atoms with Crippen molar-refractivity contribution in [1.82, 2.24) is 9.80 Å². The monoisotopic (exact) mass is 309 g/mol. The van der Waals surface area contributed by atoms with Gasteiger partial charge in [0.15, 0.2) is 5.75 Å². The molecule has 1 N–H and O–H groups in total. The first-order valence-corrected chi connectivity index (χ1v) is 6.94. The van der Waals surface area contributed by atoms with Gasteiger partial charge in [-0.3, -0.25) is 19.8 Å². The molecule has 1 aromatic carbocycles. The van der Waals surface area contributed by atoms with Crippen molar-refractivity contribution in [2.24, 2.45) is 0 Å². The number of hydrogen-bond donors (Lipinski definition) is 1. The molecule has 1 amide bonds. The molecular weight excluding hydrogens is 290 g/mol. The number of benzene rings is 1. The van der Waals surface area contributed by atoms with Crippen molar-refractivity contribution in [3.63, 3.8) is 0 Å². The molecule has 0 spiro atoms. The molecule has 1 aliphatic heterocycles. The van der Waals surface area contributed by atoms with Crippen LogP contribution in [0.2, 0.25) is 0 Å². The molecule has 8 nitrogen and oxygen atoms in total. The third-order valence-electron chi connectivity index (χ3n) is 3.80. The molecule has 1 aliphatic rings. The van der Waals surface area contributed by atoms with Gasteiger partial charge in [0.1, 0.15) is 6.23 Å². The number of aliphatic hydroxyl groups excluding tert-OH is 1. The number of hydrogen-bond acceptors (Lipinski definition) is 6. The second kappa shape index (κ2) is 6.71. The summed E-state index contributed by atoms with van der Waals surface area (Å²) in [4.78, 5) is 25.2. The van der Waals surface area contributed by atoms with Gasteiger partial charge in [-0.1, -0.05) is 0 Å². The van der Waals surface area contributed by atoms with Gasteiger partial charge in [0, 0.05) is 39.2 Å². The molecule has 22 heavy (non-hydrogen) atoms. The number of carbonyl (C=O) groups is 1. The first kappa shape index (κ1) is 16.2. The van der Waals surface area contributed by atoms with E-state index >= 15 is 0 Å². The number of amides is 1. The summed E-state index contributed by atoms with van der Waals surface area (Å²) >= 11 is 0. The number of carbonyl (C=O) groups excluding carboxylic acids is 1. The lowest BCUT2D eigenvalue weighted by Gasteiger charge is -2.36. The van der Waals surface area contributed by atoms with Crippen molar-refractivity contribution < 1.29 is 19.6 Å². The Balaban J connectivity index is 2.11. The van der Waals surface area contributed by atoms with Gasteiger partial charge in [0.25, 0.3) is 0 Å². The molecule has 1 heterocycles. The summed E-state index contributed by atoms with van der Waals surface area (Å²) < 4.78 is 5.01. The minimum absolute atomic E-state index is 0.0196. The summed E-state index contributed by atoms with van der Waals surface area (Å²) in [5.74, 6) is 0.134. The quantitative estimate of drug-likeness (QED) is 0.651. The SMILES string of the molecule is COc1cc([C@H](O)N2CCN(C(C)=O)CC2)ccc1[N+](=O)[O-]. The Labute approximate surface area is 128 Å². The lowest BCUT2D eigenvalue weighted by Crippen LogP contribution is -2.49. The summed E-state index contributed by atoms with van der Waals surface area (Å²) in [7, 11) is 1.35. The Bertz CT molecular complexity index is 570. The normalized spacial score (nSPS) is 17.1. The van der Waals surface area contributed by atoms with Gasteiger partial charge in [0.2, 0.25) is 5.91 Å². The number of piperazine rings is 1. The second-order valence-corrected chi connectivity index (χ2v) is 5.10. The largest absolute Gasteiger partial charge is 0.490 e. The number of aliphatic hydroxyl groups is 1. The van der Waals surface area contributed by atoms with Crippen LogP contribution < -0.4 is 4.74 Å². The van der Waals surface area contributed by atoms with Gasteiger partial charge >= 0.3 is 5.69 Å². The third kappa shape index (κ3) is 3.34. The molecule has 120 valence electrons. The van der Waals surface area contributed by atoms with Gasteiger partial charge in [-0.05, 0) is 17.7 Å². The van der Waals surface area contributed by atoms with E-state index in [0.717, 1.165) is 0 Å². The van der Waals surface area contributed by atoms with Crippen molar-refractivity contribution in [3.05, 3.63) is 33.9 Å². The topological polar surface area (TPSA) is 96.2 Å². The summed E-state index contributed by atoms with van der Waals surface area (Å²) in [6.45, 7) is 3.71. The van der Waals surface area contributed by atoms with Crippen molar-refractivity contribution >= 4 is 11.6 Å². The standard InChI is InChI=1S/C14H19N3O5/c1-10(18)15-5-7-16(8-6-15)14(19)11-3-4-12(17(20)21)13(9-11)22-2/h3-4,9,14,19H,5-8H2,1-2H3/t14-/m0/s1. The molecule has 2 rings (SSSR count). The van der Waals surface area contributed by atoms with E-state index in [4.69, 9.17) is 4.74 Å². The molecule has 1 saturated heterocycles. The molecule has 0 unspecified atom stereocenters. The number of nitro groups is 1. The van der Waals surface area contributed by atoms with E-state index in [0.29, 0.717) is 31.7 Å². The van der Waals surface area contributed by atoms with Crippen LogP contribution in [0.1, 0.15) is 18.7 Å². The van der Waals surface area contributed by atoms with Crippen molar-refractivity contribution in [2.45, 2.75) is 13.2 Å². The van der Waals surface area contributed by atoms with Crippen LogP contribution >= 0.6 is 0 Å². The Morgan fingerprint density at radius 2 is 2.00 bits per heavy atom. The van der Waals surface area contributed by atoms with Crippen LogP contribution in [0.3, 0.4) is 0 Å². The van der Waals surface area contributed by atoms with E-state index in [1.807, 2.05) is 4.90 Å². The van der Waals surface area contributed by atoms with Crippen molar-refractivity contribution in [1.29, 1.82) is 0 Å². The van der Waals surface area contributed by atoms with Crippen molar-refractivity contribution in [2.75, 3.05) is 33.3 Å². The Morgan fingerprint density at radius 3 is 2.50 bits per heavy atom. The molecule has 8 heteroatoms. The predicted octanol–water partition coefficient (Wildman–Crippen LogP) is 0.758. The van der Waals surface area contributed by atoms with Crippen LogP contribution in [-0.4, -0.2) is 59.0 Å².